The van der Waals surface area contributed by atoms with Crippen LogP contribution in [0.15, 0.2) is 0 Å². The lowest BCUT2D eigenvalue weighted by Crippen LogP contribution is -2.60. The predicted octanol–water partition coefficient (Wildman–Crippen LogP) is -3.17. The van der Waals surface area contributed by atoms with Crippen LogP contribution < -0.4 is 5.32 Å². The molecule has 0 spiro atoms. The zero-order valence-electron chi connectivity index (χ0n) is 14.4. The third kappa shape index (κ3) is 5.83. The number of carbonyl (C=O) groups is 1. The Morgan fingerprint density at radius 1 is 1.16 bits per heavy atom. The van der Waals surface area contributed by atoms with Crippen molar-refractivity contribution in [2.45, 2.75) is 75.6 Å². The predicted molar refractivity (Wildman–Crippen MR) is 84.2 cm³/mol. The van der Waals surface area contributed by atoms with E-state index in [0.717, 1.165) is 0 Å². The quantitative estimate of drug-likeness (QED) is 0.222. The first-order chi connectivity index (χ1) is 11.8. The van der Waals surface area contributed by atoms with Crippen molar-refractivity contribution in [3.63, 3.8) is 0 Å². The third-order valence-corrected chi connectivity index (χ3v) is 4.18. The van der Waals surface area contributed by atoms with Crippen LogP contribution in [-0.4, -0.2) is 98.7 Å². The van der Waals surface area contributed by atoms with Crippen LogP contribution in [0.5, 0.6) is 0 Å². The molecule has 0 aliphatic carbocycles. The Hall–Kier alpha value is -0.850. The van der Waals surface area contributed by atoms with Crippen LogP contribution in [-0.2, 0) is 14.3 Å². The van der Waals surface area contributed by atoms with E-state index in [0.29, 0.717) is 0 Å². The highest BCUT2D eigenvalue weighted by Crippen LogP contribution is 2.22. The molecule has 1 aliphatic heterocycles. The zero-order valence-corrected chi connectivity index (χ0v) is 14.4. The number of rotatable bonds is 9. The van der Waals surface area contributed by atoms with Gasteiger partial charge in [-0.05, 0) is 6.42 Å². The number of carbonyl (C=O) groups excluding carboxylic acids is 1. The molecule has 25 heavy (non-hydrogen) atoms. The second-order valence-electron chi connectivity index (χ2n) is 6.02. The van der Waals surface area contributed by atoms with Crippen molar-refractivity contribution in [1.82, 2.24) is 5.32 Å². The maximum absolute atomic E-state index is 11.6. The molecule has 1 aliphatic rings. The lowest BCUT2D eigenvalue weighted by atomic mass is 9.99. The fourth-order valence-corrected chi connectivity index (χ4v) is 2.45. The van der Waals surface area contributed by atoms with Crippen LogP contribution in [0.2, 0.25) is 0 Å². The minimum absolute atomic E-state index is 0.158. The minimum Gasteiger partial charge on any atom is -0.394 e. The molecule has 0 aromatic heterocycles. The molecule has 0 aromatic carbocycles. The highest BCUT2D eigenvalue weighted by Gasteiger charge is 2.44. The number of ether oxygens (including phenoxy) is 2. The summed E-state index contributed by atoms with van der Waals surface area (Å²) in [5.74, 6) is -0.371. The van der Waals surface area contributed by atoms with Gasteiger partial charge in [-0.3, -0.25) is 4.79 Å². The Balaban J connectivity index is 2.75. The molecule has 7 N–H and O–H groups in total. The second kappa shape index (κ2) is 10.3. The monoisotopic (exact) mass is 367 g/mol. The lowest BCUT2D eigenvalue weighted by molar-refractivity contribution is -0.303. The van der Waals surface area contributed by atoms with Gasteiger partial charge in [0.1, 0.15) is 30.5 Å². The number of amides is 1. The lowest BCUT2D eigenvalue weighted by Gasteiger charge is -2.40. The van der Waals surface area contributed by atoms with E-state index < -0.39 is 55.6 Å². The van der Waals surface area contributed by atoms with Crippen molar-refractivity contribution in [2.24, 2.45) is 0 Å². The smallest absolute Gasteiger partial charge is 0.220 e. The SMILES string of the molecule is CCC(=O)N[C@@H](CO[C@H]1O[C@H](CO)[C@H](O)[C@H](O)[C@H]1O)[C@H](O)[C@H](O)CC. The number of hydrogen-bond donors (Lipinski definition) is 7. The van der Waals surface area contributed by atoms with Gasteiger partial charge in [0, 0.05) is 6.42 Å². The highest BCUT2D eigenvalue weighted by atomic mass is 16.7. The first-order valence-corrected chi connectivity index (χ1v) is 8.34. The Kier molecular flexibility index (Phi) is 9.17. The molecule has 1 rings (SSSR count). The van der Waals surface area contributed by atoms with Crippen molar-refractivity contribution in [3.05, 3.63) is 0 Å². The van der Waals surface area contributed by atoms with Crippen molar-refractivity contribution in [3.8, 4) is 0 Å². The normalized spacial score (nSPS) is 33.5. The van der Waals surface area contributed by atoms with Crippen LogP contribution in [0.3, 0.4) is 0 Å². The molecule has 1 heterocycles. The van der Waals surface area contributed by atoms with E-state index in [1.807, 2.05) is 0 Å². The summed E-state index contributed by atoms with van der Waals surface area (Å²) >= 11 is 0. The van der Waals surface area contributed by atoms with Gasteiger partial charge in [0.25, 0.3) is 0 Å². The van der Waals surface area contributed by atoms with Gasteiger partial charge in [0.05, 0.1) is 25.4 Å². The third-order valence-electron chi connectivity index (χ3n) is 4.18. The fourth-order valence-electron chi connectivity index (χ4n) is 2.45. The topological polar surface area (TPSA) is 169 Å². The molecule has 1 amide bonds. The summed E-state index contributed by atoms with van der Waals surface area (Å²) < 4.78 is 10.5. The maximum Gasteiger partial charge on any atom is 0.220 e. The van der Waals surface area contributed by atoms with Crippen molar-refractivity contribution in [2.75, 3.05) is 13.2 Å². The van der Waals surface area contributed by atoms with Gasteiger partial charge in [0.15, 0.2) is 6.29 Å². The molecule has 0 aromatic rings. The van der Waals surface area contributed by atoms with E-state index in [2.05, 4.69) is 5.32 Å². The summed E-state index contributed by atoms with van der Waals surface area (Å²) in [5, 5.41) is 60.9. The van der Waals surface area contributed by atoms with Crippen LogP contribution in [0, 0.1) is 0 Å². The summed E-state index contributed by atoms with van der Waals surface area (Å²) in [6.45, 7) is 2.35. The van der Waals surface area contributed by atoms with Crippen LogP contribution >= 0.6 is 0 Å². The van der Waals surface area contributed by atoms with E-state index in [1.165, 1.54) is 0 Å². The fraction of sp³-hybridized carbons (Fsp3) is 0.933. The zero-order chi connectivity index (χ0) is 19.1. The van der Waals surface area contributed by atoms with E-state index in [4.69, 9.17) is 14.6 Å². The number of aliphatic hydroxyl groups excluding tert-OH is 6. The van der Waals surface area contributed by atoms with E-state index in [-0.39, 0.29) is 25.4 Å². The van der Waals surface area contributed by atoms with Crippen LogP contribution in [0.1, 0.15) is 26.7 Å². The average Bonchev–Trinajstić information content (AvgIpc) is 2.62. The number of hydrogen-bond acceptors (Lipinski definition) is 9. The van der Waals surface area contributed by atoms with Crippen LogP contribution in [0.25, 0.3) is 0 Å². The van der Waals surface area contributed by atoms with E-state index >= 15 is 0 Å². The summed E-state index contributed by atoms with van der Waals surface area (Å²) in [4.78, 5) is 11.6. The molecule has 1 fully saturated rings. The van der Waals surface area contributed by atoms with Gasteiger partial charge >= 0.3 is 0 Å². The minimum atomic E-state index is -1.59. The van der Waals surface area contributed by atoms with Gasteiger partial charge in [-0.2, -0.15) is 0 Å². The summed E-state index contributed by atoms with van der Waals surface area (Å²) in [7, 11) is 0. The molecule has 10 nitrogen and oxygen atoms in total. The standard InChI is InChI=1S/C15H29NO9/c1-3-8(18)11(20)7(16-10(19)4-2)6-24-15-14(23)13(22)12(21)9(5-17)25-15/h7-9,11-15,17-18,20-23H,3-6H2,1-2H3,(H,16,19)/t7-,8+,9+,11-,12-,13-,14+,15-/m0/s1. The Bertz CT molecular complexity index is 408. The van der Waals surface area contributed by atoms with Gasteiger partial charge in [-0.25, -0.2) is 0 Å². The molecular weight excluding hydrogens is 338 g/mol. The van der Waals surface area contributed by atoms with E-state index in [9.17, 15) is 30.3 Å². The molecule has 148 valence electrons. The van der Waals surface area contributed by atoms with Gasteiger partial charge < -0.3 is 45.4 Å². The van der Waals surface area contributed by atoms with Crippen molar-refractivity contribution >= 4 is 5.91 Å². The Labute approximate surface area is 146 Å². The molecular formula is C15H29NO9. The van der Waals surface area contributed by atoms with E-state index in [1.54, 1.807) is 13.8 Å². The first-order valence-electron chi connectivity index (χ1n) is 8.34. The van der Waals surface area contributed by atoms with Crippen LogP contribution in [0.4, 0.5) is 0 Å². The molecule has 0 unspecified atom stereocenters. The largest absolute Gasteiger partial charge is 0.394 e. The summed E-state index contributed by atoms with van der Waals surface area (Å²) in [6, 6.07) is -0.977. The molecule has 1 saturated heterocycles. The number of nitrogens with one attached hydrogen (secondary N) is 1. The molecule has 10 heteroatoms. The molecule has 0 bridgehead atoms. The summed E-state index contributed by atoms with van der Waals surface area (Å²) in [5.41, 5.74) is 0. The van der Waals surface area contributed by atoms with Gasteiger partial charge in [-0.1, -0.05) is 13.8 Å². The first kappa shape index (κ1) is 22.2. The van der Waals surface area contributed by atoms with Crippen molar-refractivity contribution < 1.29 is 44.9 Å². The Morgan fingerprint density at radius 2 is 1.80 bits per heavy atom. The number of aliphatic hydroxyl groups is 6. The second-order valence-corrected chi connectivity index (χ2v) is 6.02. The summed E-state index contributed by atoms with van der Waals surface area (Å²) in [6.07, 6.45) is -9.21. The van der Waals surface area contributed by atoms with Crippen molar-refractivity contribution in [1.29, 1.82) is 0 Å². The van der Waals surface area contributed by atoms with Gasteiger partial charge in [0.2, 0.25) is 5.91 Å². The molecule has 0 saturated carbocycles. The highest BCUT2D eigenvalue weighted by molar-refractivity contribution is 5.75. The average molecular weight is 367 g/mol. The van der Waals surface area contributed by atoms with Gasteiger partial charge in [-0.15, -0.1) is 0 Å². The molecule has 0 radical (unpaired) electrons. The molecule has 8 atom stereocenters. The maximum atomic E-state index is 11.6. The Morgan fingerprint density at radius 3 is 2.32 bits per heavy atom.